The molecule has 0 aliphatic carbocycles. The van der Waals surface area contributed by atoms with Gasteiger partial charge in [-0.25, -0.2) is 4.39 Å². The van der Waals surface area contributed by atoms with Crippen molar-refractivity contribution in [3.63, 3.8) is 0 Å². The van der Waals surface area contributed by atoms with Crippen molar-refractivity contribution in [1.29, 1.82) is 0 Å². The smallest absolute Gasteiger partial charge is 0.163 e. The number of benzene rings is 3. The van der Waals surface area contributed by atoms with Crippen molar-refractivity contribution >= 4 is 28.9 Å². The number of anilines is 1. The van der Waals surface area contributed by atoms with Crippen LogP contribution in [0.15, 0.2) is 60.7 Å². The van der Waals surface area contributed by atoms with Crippen LogP contribution in [-0.4, -0.2) is 6.61 Å². The number of rotatable bonds is 8. The lowest BCUT2D eigenvalue weighted by Gasteiger charge is -2.16. The van der Waals surface area contributed by atoms with Crippen LogP contribution < -0.4 is 14.8 Å². The monoisotopic (exact) mass is 419 g/mol. The number of ether oxygens (including phenoxy) is 2. The lowest BCUT2D eigenvalue weighted by atomic mass is 10.2. The van der Waals surface area contributed by atoms with E-state index in [1.54, 1.807) is 12.1 Å². The zero-order valence-electron chi connectivity index (χ0n) is 15.3. The van der Waals surface area contributed by atoms with Crippen molar-refractivity contribution < 1.29 is 13.9 Å². The fraction of sp³-hybridized carbons (Fsp3) is 0.182. The first kappa shape index (κ1) is 20.3. The third-order valence-electron chi connectivity index (χ3n) is 4.05. The Bertz CT molecular complexity index is 935. The molecule has 0 fully saturated rings. The van der Waals surface area contributed by atoms with E-state index in [-0.39, 0.29) is 5.02 Å². The summed E-state index contributed by atoms with van der Waals surface area (Å²) in [4.78, 5) is 0. The Hall–Kier alpha value is -2.43. The number of nitrogens with one attached hydrogen (secondary N) is 1. The predicted octanol–water partition coefficient (Wildman–Crippen LogP) is 6.72. The van der Waals surface area contributed by atoms with Crippen molar-refractivity contribution in [2.75, 3.05) is 11.9 Å². The highest BCUT2D eigenvalue weighted by Crippen LogP contribution is 2.34. The molecule has 3 aromatic carbocycles. The molecule has 0 heterocycles. The van der Waals surface area contributed by atoms with Gasteiger partial charge in [0.25, 0.3) is 0 Å². The Morgan fingerprint density at radius 1 is 0.893 bits per heavy atom. The van der Waals surface area contributed by atoms with E-state index in [1.165, 1.54) is 12.1 Å². The van der Waals surface area contributed by atoms with Gasteiger partial charge in [0, 0.05) is 23.3 Å². The highest BCUT2D eigenvalue weighted by molar-refractivity contribution is 6.31. The minimum Gasteiger partial charge on any atom is -0.490 e. The molecule has 0 aromatic heterocycles. The number of hydrogen-bond donors (Lipinski definition) is 1. The molecular weight excluding hydrogens is 400 g/mol. The van der Waals surface area contributed by atoms with Gasteiger partial charge < -0.3 is 14.8 Å². The van der Waals surface area contributed by atoms with Crippen LogP contribution in [0.3, 0.4) is 0 Å². The fourth-order valence-electron chi connectivity index (χ4n) is 2.63. The van der Waals surface area contributed by atoms with E-state index in [1.807, 2.05) is 43.3 Å². The third-order valence-corrected chi connectivity index (χ3v) is 4.69. The molecular formula is C22H20Cl2FNO2. The molecule has 146 valence electrons. The number of halogens is 3. The van der Waals surface area contributed by atoms with Gasteiger partial charge in [-0.05, 0) is 42.3 Å². The van der Waals surface area contributed by atoms with Crippen LogP contribution in [0.5, 0.6) is 11.5 Å². The summed E-state index contributed by atoms with van der Waals surface area (Å²) in [6, 6.07) is 18.0. The molecule has 1 N–H and O–H groups in total. The summed E-state index contributed by atoms with van der Waals surface area (Å²) < 4.78 is 24.9. The van der Waals surface area contributed by atoms with Crippen molar-refractivity contribution in [1.82, 2.24) is 0 Å². The minimum atomic E-state index is -0.455. The third kappa shape index (κ3) is 5.31. The van der Waals surface area contributed by atoms with Gasteiger partial charge in [-0.3, -0.25) is 0 Å². The van der Waals surface area contributed by atoms with E-state index >= 15 is 0 Å². The molecule has 0 atom stereocenters. The van der Waals surface area contributed by atoms with E-state index in [9.17, 15) is 4.39 Å². The molecule has 0 amide bonds. The topological polar surface area (TPSA) is 30.5 Å². The van der Waals surface area contributed by atoms with Gasteiger partial charge in [0.2, 0.25) is 0 Å². The fourth-order valence-corrected chi connectivity index (χ4v) is 3.03. The second-order valence-corrected chi connectivity index (χ2v) is 6.89. The quantitative estimate of drug-likeness (QED) is 0.439. The lowest BCUT2D eigenvalue weighted by molar-refractivity contribution is 0.269. The van der Waals surface area contributed by atoms with Gasteiger partial charge in [-0.2, -0.15) is 0 Å². The first-order valence-electron chi connectivity index (χ1n) is 8.87. The van der Waals surface area contributed by atoms with E-state index in [4.69, 9.17) is 32.7 Å². The maximum Gasteiger partial charge on any atom is 0.163 e. The number of hydrogen-bond acceptors (Lipinski definition) is 3. The highest BCUT2D eigenvalue weighted by atomic mass is 35.5. The molecule has 0 spiro atoms. The van der Waals surface area contributed by atoms with Crippen molar-refractivity contribution in [2.45, 2.75) is 20.1 Å². The minimum absolute atomic E-state index is 0.0655. The molecule has 28 heavy (non-hydrogen) atoms. The zero-order valence-corrected chi connectivity index (χ0v) is 16.9. The van der Waals surface area contributed by atoms with Gasteiger partial charge in [0.05, 0.1) is 11.6 Å². The first-order valence-corrected chi connectivity index (χ1v) is 9.63. The molecule has 6 heteroatoms. The second-order valence-electron chi connectivity index (χ2n) is 6.08. The van der Waals surface area contributed by atoms with Crippen LogP contribution in [0, 0.1) is 5.82 Å². The largest absolute Gasteiger partial charge is 0.490 e. The summed E-state index contributed by atoms with van der Waals surface area (Å²) in [6.45, 7) is 3.26. The van der Waals surface area contributed by atoms with Crippen molar-refractivity contribution in [3.8, 4) is 11.5 Å². The molecule has 3 aromatic rings. The molecule has 0 aliphatic heterocycles. The Kier molecular flexibility index (Phi) is 7.01. The zero-order chi connectivity index (χ0) is 19.9. The Labute approximate surface area is 174 Å². The molecule has 3 rings (SSSR count). The van der Waals surface area contributed by atoms with E-state index < -0.39 is 5.82 Å². The SMILES string of the molecule is CCOc1cc(CNc2ccc(F)c(Cl)c2)c(Cl)cc1OCc1ccccc1. The highest BCUT2D eigenvalue weighted by Gasteiger charge is 2.12. The Balaban J connectivity index is 1.74. The molecule has 3 nitrogen and oxygen atoms in total. The van der Waals surface area contributed by atoms with Crippen molar-refractivity contribution in [2.24, 2.45) is 0 Å². The first-order chi connectivity index (χ1) is 13.6. The molecule has 0 saturated heterocycles. The summed E-state index contributed by atoms with van der Waals surface area (Å²) in [7, 11) is 0. The second kappa shape index (κ2) is 9.67. The molecule has 0 bridgehead atoms. The molecule has 0 radical (unpaired) electrons. The summed E-state index contributed by atoms with van der Waals surface area (Å²) in [6.07, 6.45) is 0. The average molecular weight is 420 g/mol. The van der Waals surface area contributed by atoms with Gasteiger partial charge in [0.15, 0.2) is 11.5 Å². The summed E-state index contributed by atoms with van der Waals surface area (Å²) >= 11 is 12.3. The van der Waals surface area contributed by atoms with Gasteiger partial charge >= 0.3 is 0 Å². The molecule has 0 unspecified atom stereocenters. The van der Waals surface area contributed by atoms with E-state index in [0.29, 0.717) is 42.0 Å². The molecule has 0 aliphatic rings. The summed E-state index contributed by atoms with van der Waals surface area (Å²) in [5.74, 6) is 0.754. The standard InChI is InChI=1S/C22H20Cl2FNO2/c1-2-27-21-10-16(13-26-17-8-9-20(25)19(24)11-17)18(23)12-22(21)28-14-15-6-4-3-5-7-15/h3-12,26H,2,13-14H2,1H3. The Morgan fingerprint density at radius 2 is 1.64 bits per heavy atom. The van der Waals surface area contributed by atoms with Gasteiger partial charge in [-0.1, -0.05) is 53.5 Å². The Morgan fingerprint density at radius 3 is 2.36 bits per heavy atom. The van der Waals surface area contributed by atoms with E-state index in [2.05, 4.69) is 5.32 Å². The van der Waals surface area contributed by atoms with Crippen LogP contribution in [0.1, 0.15) is 18.1 Å². The molecule has 0 saturated carbocycles. The van der Waals surface area contributed by atoms with Crippen LogP contribution >= 0.6 is 23.2 Å². The maximum atomic E-state index is 13.3. The average Bonchev–Trinajstić information content (AvgIpc) is 2.70. The van der Waals surface area contributed by atoms with Crippen LogP contribution in [-0.2, 0) is 13.2 Å². The van der Waals surface area contributed by atoms with E-state index in [0.717, 1.165) is 11.1 Å². The van der Waals surface area contributed by atoms with Crippen molar-refractivity contribution in [3.05, 3.63) is 87.7 Å². The van der Waals surface area contributed by atoms with Crippen LogP contribution in [0.4, 0.5) is 10.1 Å². The summed E-state index contributed by atoms with van der Waals surface area (Å²) in [5.41, 5.74) is 2.59. The maximum absolute atomic E-state index is 13.3. The normalized spacial score (nSPS) is 10.6. The predicted molar refractivity (Wildman–Crippen MR) is 112 cm³/mol. The van der Waals surface area contributed by atoms with Crippen LogP contribution in [0.25, 0.3) is 0 Å². The van der Waals surface area contributed by atoms with Crippen LogP contribution in [0.2, 0.25) is 10.0 Å². The van der Waals surface area contributed by atoms with Gasteiger partial charge in [0.1, 0.15) is 12.4 Å². The summed E-state index contributed by atoms with van der Waals surface area (Å²) in [5, 5.41) is 3.80. The lowest BCUT2D eigenvalue weighted by Crippen LogP contribution is -2.04. The van der Waals surface area contributed by atoms with Gasteiger partial charge in [-0.15, -0.1) is 0 Å².